The molecule has 2 N–H and O–H groups in total. The van der Waals surface area contributed by atoms with E-state index < -0.39 is 22.0 Å². The molecule has 1 aliphatic heterocycles. The number of hydrogen-bond acceptors (Lipinski definition) is 6. The smallest absolute Gasteiger partial charge is 0.264 e. The van der Waals surface area contributed by atoms with Crippen LogP contribution in [0.2, 0.25) is 0 Å². The molecule has 2 heterocycles. The molecule has 1 aromatic heterocycles. The third-order valence-electron chi connectivity index (χ3n) is 7.52. The van der Waals surface area contributed by atoms with E-state index in [2.05, 4.69) is 47.9 Å². The zero-order chi connectivity index (χ0) is 30.2. The number of carbonyl (C=O) groups is 1. The Morgan fingerprint density at radius 3 is 2.26 bits per heavy atom. The van der Waals surface area contributed by atoms with Crippen molar-refractivity contribution >= 4 is 21.9 Å². The fraction of sp³-hybridized carbons (Fsp3) is 0.303. The van der Waals surface area contributed by atoms with Gasteiger partial charge in [0.15, 0.2) is 0 Å². The van der Waals surface area contributed by atoms with Gasteiger partial charge >= 0.3 is 0 Å². The standard InChI is InChI=1S/C33H36N4O4S/c1-7-26-29(28-20(2)10-8-11-21(28)3)35-32-36-31(26)41-27(22-14-16-24(17-15-22)33(4,5)6)19-34-30(38)23-12-9-13-25(18-23)42(39,40)37-32/h8-18,27H,7,19H2,1-6H3,(H,34,38)(H,35,36,37). The number of amides is 1. The number of benzene rings is 3. The lowest BCUT2D eigenvalue weighted by molar-refractivity contribution is 0.0925. The molecule has 0 radical (unpaired) electrons. The van der Waals surface area contributed by atoms with E-state index in [9.17, 15) is 13.2 Å². The number of rotatable bonds is 3. The first-order valence-corrected chi connectivity index (χ1v) is 15.5. The minimum Gasteiger partial charge on any atom is -0.467 e. The van der Waals surface area contributed by atoms with E-state index in [0.717, 1.165) is 27.8 Å². The SMILES string of the molecule is CCc1c2nc(nc1-c1c(C)cccc1C)NS(=O)(=O)c1cccc(c1)C(=O)NCC(c1ccc(C(C)(C)C)cc1)O2. The van der Waals surface area contributed by atoms with Gasteiger partial charge < -0.3 is 10.1 Å². The molecular formula is C33H36N4O4S. The molecule has 4 bridgehead atoms. The minimum absolute atomic E-state index is 0.0300. The first-order chi connectivity index (χ1) is 19.9. The molecule has 1 atom stereocenters. The molecule has 5 rings (SSSR count). The van der Waals surface area contributed by atoms with Gasteiger partial charge in [0, 0.05) is 16.7 Å². The average molecular weight is 585 g/mol. The number of sulfonamides is 1. The highest BCUT2D eigenvalue weighted by molar-refractivity contribution is 7.92. The third kappa shape index (κ3) is 5.87. The first kappa shape index (κ1) is 29.3. The third-order valence-corrected chi connectivity index (χ3v) is 8.85. The van der Waals surface area contributed by atoms with E-state index >= 15 is 0 Å². The molecule has 9 heteroatoms. The van der Waals surface area contributed by atoms with Crippen LogP contribution in [0.4, 0.5) is 5.95 Å². The second-order valence-electron chi connectivity index (χ2n) is 11.6. The summed E-state index contributed by atoms with van der Waals surface area (Å²) in [6, 6.07) is 20.0. The lowest BCUT2D eigenvalue weighted by Gasteiger charge is -2.24. The van der Waals surface area contributed by atoms with Gasteiger partial charge in [-0.1, -0.05) is 76.2 Å². The van der Waals surface area contributed by atoms with E-state index in [1.807, 2.05) is 51.1 Å². The van der Waals surface area contributed by atoms with Crippen molar-refractivity contribution in [2.75, 3.05) is 11.3 Å². The normalized spacial score (nSPS) is 16.6. The van der Waals surface area contributed by atoms with Crippen LogP contribution in [0.3, 0.4) is 0 Å². The van der Waals surface area contributed by atoms with Gasteiger partial charge in [0.25, 0.3) is 15.9 Å². The van der Waals surface area contributed by atoms with Crippen molar-refractivity contribution in [3.8, 4) is 17.1 Å². The number of aryl methyl sites for hydroxylation is 2. The predicted molar refractivity (Wildman–Crippen MR) is 164 cm³/mol. The number of hydrogen-bond donors (Lipinski definition) is 2. The zero-order valence-electron chi connectivity index (χ0n) is 24.8. The summed E-state index contributed by atoms with van der Waals surface area (Å²) < 4.78 is 36.1. The molecule has 0 saturated heterocycles. The number of anilines is 1. The number of nitrogens with zero attached hydrogens (tertiary/aromatic N) is 2. The molecule has 218 valence electrons. The van der Waals surface area contributed by atoms with Crippen molar-refractivity contribution in [3.63, 3.8) is 0 Å². The minimum atomic E-state index is -4.12. The maximum absolute atomic E-state index is 13.5. The summed E-state index contributed by atoms with van der Waals surface area (Å²) in [6.07, 6.45) is -0.0729. The van der Waals surface area contributed by atoms with Gasteiger partial charge in [0.05, 0.1) is 17.1 Å². The maximum Gasteiger partial charge on any atom is 0.264 e. The number of fused-ring (bicyclic) bond motifs is 4. The summed E-state index contributed by atoms with van der Waals surface area (Å²) in [5, 5.41) is 2.94. The zero-order valence-corrected chi connectivity index (χ0v) is 25.6. The molecule has 3 aromatic carbocycles. The maximum atomic E-state index is 13.5. The Morgan fingerprint density at radius 2 is 1.62 bits per heavy atom. The van der Waals surface area contributed by atoms with Gasteiger partial charge in [-0.2, -0.15) is 4.98 Å². The van der Waals surface area contributed by atoms with Crippen LogP contribution in [0.25, 0.3) is 11.3 Å². The van der Waals surface area contributed by atoms with Crippen molar-refractivity contribution in [1.82, 2.24) is 15.3 Å². The van der Waals surface area contributed by atoms with Gasteiger partial charge in [0.2, 0.25) is 11.8 Å². The molecule has 8 nitrogen and oxygen atoms in total. The Hall–Kier alpha value is -4.24. The van der Waals surface area contributed by atoms with E-state index in [4.69, 9.17) is 9.72 Å². The number of nitrogens with one attached hydrogen (secondary N) is 2. The summed E-state index contributed by atoms with van der Waals surface area (Å²) in [7, 11) is -4.12. The van der Waals surface area contributed by atoms with E-state index in [1.165, 1.54) is 23.8 Å². The van der Waals surface area contributed by atoms with Crippen molar-refractivity contribution in [2.24, 2.45) is 0 Å². The monoisotopic (exact) mass is 584 g/mol. The van der Waals surface area contributed by atoms with Gasteiger partial charge in [-0.25, -0.2) is 18.1 Å². The molecule has 1 aliphatic rings. The largest absolute Gasteiger partial charge is 0.467 e. The summed E-state index contributed by atoms with van der Waals surface area (Å²) in [4.78, 5) is 22.4. The molecular weight excluding hydrogens is 548 g/mol. The van der Waals surface area contributed by atoms with Gasteiger partial charge in [0.1, 0.15) is 6.10 Å². The molecule has 0 saturated carbocycles. The molecule has 42 heavy (non-hydrogen) atoms. The Bertz CT molecular complexity index is 1740. The second kappa shape index (κ2) is 11.2. The van der Waals surface area contributed by atoms with E-state index in [-0.39, 0.29) is 34.2 Å². The molecule has 4 aromatic rings. The molecule has 0 aliphatic carbocycles. The van der Waals surface area contributed by atoms with E-state index in [1.54, 1.807) is 6.07 Å². The highest BCUT2D eigenvalue weighted by Crippen LogP contribution is 2.36. The van der Waals surface area contributed by atoms with Crippen LogP contribution in [0.1, 0.15) is 72.0 Å². The summed E-state index contributed by atoms with van der Waals surface area (Å²) in [5.74, 6) is -0.255. The molecule has 0 spiro atoms. The van der Waals surface area contributed by atoms with Crippen LogP contribution in [-0.2, 0) is 21.9 Å². The molecule has 0 fully saturated rings. The van der Waals surface area contributed by atoms with Crippen LogP contribution in [0.5, 0.6) is 5.88 Å². The topological polar surface area (TPSA) is 110 Å². The number of aromatic nitrogens is 2. The second-order valence-corrected chi connectivity index (χ2v) is 13.3. The predicted octanol–water partition coefficient (Wildman–Crippen LogP) is 6.28. The Labute approximate surface area is 247 Å². The van der Waals surface area contributed by atoms with Crippen LogP contribution < -0.4 is 14.8 Å². The van der Waals surface area contributed by atoms with Crippen molar-refractivity contribution in [3.05, 3.63) is 100 Å². The summed E-state index contributed by atoms with van der Waals surface area (Å²) in [5.41, 5.74) is 6.44. The van der Waals surface area contributed by atoms with Gasteiger partial charge in [-0.15, -0.1) is 0 Å². The summed E-state index contributed by atoms with van der Waals surface area (Å²) in [6.45, 7) is 12.6. The molecule has 1 amide bonds. The van der Waals surface area contributed by atoms with Crippen LogP contribution in [0.15, 0.2) is 71.6 Å². The first-order valence-electron chi connectivity index (χ1n) is 14.0. The Balaban J connectivity index is 1.73. The van der Waals surface area contributed by atoms with Crippen molar-refractivity contribution in [2.45, 2.75) is 64.4 Å². The van der Waals surface area contributed by atoms with Gasteiger partial charge in [-0.3, -0.25) is 4.79 Å². The number of ether oxygens (including phenoxy) is 1. The molecule has 1 unspecified atom stereocenters. The van der Waals surface area contributed by atoms with Crippen molar-refractivity contribution < 1.29 is 17.9 Å². The van der Waals surface area contributed by atoms with Crippen molar-refractivity contribution in [1.29, 1.82) is 0 Å². The van der Waals surface area contributed by atoms with Crippen LogP contribution in [-0.4, -0.2) is 30.8 Å². The van der Waals surface area contributed by atoms with Crippen LogP contribution >= 0.6 is 0 Å². The Morgan fingerprint density at radius 1 is 0.952 bits per heavy atom. The Kier molecular flexibility index (Phi) is 7.81. The van der Waals surface area contributed by atoms with Crippen LogP contribution in [0, 0.1) is 13.8 Å². The lowest BCUT2D eigenvalue weighted by atomic mass is 9.86. The highest BCUT2D eigenvalue weighted by atomic mass is 32.2. The number of carbonyl (C=O) groups excluding carboxylic acids is 1. The fourth-order valence-corrected chi connectivity index (χ4v) is 6.14. The quantitative estimate of drug-likeness (QED) is 0.293. The average Bonchev–Trinajstić information content (AvgIpc) is 2.94. The lowest BCUT2D eigenvalue weighted by Crippen LogP contribution is -2.31. The fourth-order valence-electron chi connectivity index (χ4n) is 5.15. The highest BCUT2D eigenvalue weighted by Gasteiger charge is 2.27. The summed E-state index contributed by atoms with van der Waals surface area (Å²) >= 11 is 0. The van der Waals surface area contributed by atoms with Gasteiger partial charge in [-0.05, 0) is 66.1 Å². The van der Waals surface area contributed by atoms with E-state index in [0.29, 0.717) is 12.1 Å².